The van der Waals surface area contributed by atoms with Gasteiger partial charge in [0.2, 0.25) is 0 Å². The van der Waals surface area contributed by atoms with Crippen LogP contribution in [0, 0.1) is 0 Å². The maximum atomic E-state index is 5.98. The predicted octanol–water partition coefficient (Wildman–Crippen LogP) is 3.73. The number of anilines is 1. The molecule has 0 spiro atoms. The van der Waals surface area contributed by atoms with E-state index in [-0.39, 0.29) is 0 Å². The molecule has 0 atom stereocenters. The Kier molecular flexibility index (Phi) is 5.43. The van der Waals surface area contributed by atoms with E-state index in [1.165, 1.54) is 0 Å². The van der Waals surface area contributed by atoms with Gasteiger partial charge < -0.3 is 10.1 Å². The first-order valence-corrected chi connectivity index (χ1v) is 5.95. The minimum Gasteiger partial charge on any atom is -0.493 e. The molecule has 84 valence electrons. The van der Waals surface area contributed by atoms with Crippen molar-refractivity contribution in [2.24, 2.45) is 0 Å². The molecule has 0 unspecified atom stereocenters. The Morgan fingerprint density at radius 1 is 1.40 bits per heavy atom. The van der Waals surface area contributed by atoms with E-state index in [2.05, 4.69) is 17.9 Å². The summed E-state index contributed by atoms with van der Waals surface area (Å²) in [6, 6.07) is 3.45. The number of hydrogen-bond donors (Lipinski definition) is 2. The van der Waals surface area contributed by atoms with Crippen LogP contribution in [0.1, 0.15) is 6.42 Å². The number of nitrogens with one attached hydrogen (secondary N) is 1. The lowest BCUT2D eigenvalue weighted by molar-refractivity contribution is 0.416. The number of benzene rings is 1. The van der Waals surface area contributed by atoms with Crippen molar-refractivity contribution in [3.05, 3.63) is 22.2 Å². The molecule has 1 rings (SSSR count). The van der Waals surface area contributed by atoms with Crippen LogP contribution in [0.15, 0.2) is 12.1 Å². The molecule has 0 saturated carbocycles. The van der Waals surface area contributed by atoms with Gasteiger partial charge in [-0.15, -0.1) is 0 Å². The lowest BCUT2D eigenvalue weighted by Gasteiger charge is -2.12. The van der Waals surface area contributed by atoms with Gasteiger partial charge in [0.1, 0.15) is 0 Å². The zero-order chi connectivity index (χ0) is 11.3. The molecular weight excluding hydrogens is 253 g/mol. The third-order valence-electron chi connectivity index (χ3n) is 1.86. The fourth-order valence-electron chi connectivity index (χ4n) is 1.20. The van der Waals surface area contributed by atoms with Crippen molar-refractivity contribution >= 4 is 41.5 Å². The topological polar surface area (TPSA) is 21.3 Å². The summed E-state index contributed by atoms with van der Waals surface area (Å²) in [5.41, 5.74) is 0.816. The van der Waals surface area contributed by atoms with Crippen molar-refractivity contribution in [1.82, 2.24) is 0 Å². The molecule has 0 bridgehead atoms. The first-order chi connectivity index (χ1) is 7.19. The smallest absolute Gasteiger partial charge is 0.160 e. The molecule has 0 aliphatic rings. The first-order valence-electron chi connectivity index (χ1n) is 4.56. The van der Waals surface area contributed by atoms with Crippen molar-refractivity contribution in [2.45, 2.75) is 6.42 Å². The molecule has 0 radical (unpaired) electrons. The Morgan fingerprint density at radius 3 is 2.73 bits per heavy atom. The molecule has 1 aromatic rings. The average molecular weight is 266 g/mol. The van der Waals surface area contributed by atoms with E-state index >= 15 is 0 Å². The number of ether oxygens (including phenoxy) is 1. The molecule has 0 aliphatic carbocycles. The first kappa shape index (κ1) is 12.8. The molecule has 15 heavy (non-hydrogen) atoms. The Bertz CT molecular complexity index is 333. The summed E-state index contributed by atoms with van der Waals surface area (Å²) in [6.07, 6.45) is 0.969. The van der Waals surface area contributed by atoms with Gasteiger partial charge in [-0.25, -0.2) is 0 Å². The Labute approximate surface area is 105 Å². The second kappa shape index (κ2) is 6.36. The van der Waals surface area contributed by atoms with E-state index in [1.54, 1.807) is 19.2 Å². The maximum absolute atomic E-state index is 5.98. The van der Waals surface area contributed by atoms with E-state index < -0.39 is 0 Å². The molecule has 5 heteroatoms. The maximum Gasteiger partial charge on any atom is 0.160 e. The zero-order valence-corrected chi connectivity index (χ0v) is 10.8. The van der Waals surface area contributed by atoms with Crippen molar-refractivity contribution in [3.63, 3.8) is 0 Å². The quantitative estimate of drug-likeness (QED) is 0.626. The summed E-state index contributed by atoms with van der Waals surface area (Å²) < 4.78 is 5.19. The summed E-state index contributed by atoms with van der Waals surface area (Å²) in [4.78, 5) is 0. The lowest BCUT2D eigenvalue weighted by atomic mass is 10.3. The molecule has 0 saturated heterocycles. The van der Waals surface area contributed by atoms with Gasteiger partial charge in [0.25, 0.3) is 0 Å². The van der Waals surface area contributed by atoms with Crippen LogP contribution in [0.5, 0.6) is 5.75 Å². The van der Waals surface area contributed by atoms with Crippen molar-refractivity contribution < 1.29 is 4.74 Å². The van der Waals surface area contributed by atoms with Crippen LogP contribution in [0.25, 0.3) is 0 Å². The molecule has 0 fully saturated rings. The molecule has 0 aliphatic heterocycles. The number of hydrogen-bond acceptors (Lipinski definition) is 3. The molecule has 0 heterocycles. The Balaban J connectivity index is 2.84. The largest absolute Gasteiger partial charge is 0.493 e. The van der Waals surface area contributed by atoms with E-state index in [0.717, 1.165) is 24.4 Å². The van der Waals surface area contributed by atoms with E-state index in [4.69, 9.17) is 27.9 Å². The third-order valence-corrected chi connectivity index (χ3v) is 2.68. The molecule has 1 N–H and O–H groups in total. The molecule has 0 amide bonds. The third kappa shape index (κ3) is 3.67. The standard InChI is InChI=1S/C10H13Cl2NOS/c1-14-10-8(12)5-7(11)6-9(10)13-3-2-4-15/h5-6,13,15H,2-4H2,1H3. The van der Waals surface area contributed by atoms with Crippen molar-refractivity contribution in [2.75, 3.05) is 24.7 Å². The monoisotopic (exact) mass is 265 g/mol. The van der Waals surface area contributed by atoms with Gasteiger partial charge in [-0.2, -0.15) is 12.6 Å². The molecular formula is C10H13Cl2NOS. The lowest BCUT2D eigenvalue weighted by Crippen LogP contribution is -2.04. The second-order valence-corrected chi connectivity index (χ2v) is 4.26. The van der Waals surface area contributed by atoms with Crippen LogP contribution >= 0.6 is 35.8 Å². The average Bonchev–Trinajstić information content (AvgIpc) is 2.17. The van der Waals surface area contributed by atoms with Gasteiger partial charge in [-0.3, -0.25) is 0 Å². The van der Waals surface area contributed by atoms with E-state index in [9.17, 15) is 0 Å². The van der Waals surface area contributed by atoms with Gasteiger partial charge in [-0.05, 0) is 24.3 Å². The van der Waals surface area contributed by atoms with Crippen LogP contribution in [0.2, 0.25) is 10.0 Å². The number of halogens is 2. The van der Waals surface area contributed by atoms with Crippen LogP contribution in [0.3, 0.4) is 0 Å². The Morgan fingerprint density at radius 2 is 2.13 bits per heavy atom. The van der Waals surface area contributed by atoms with Gasteiger partial charge in [0, 0.05) is 11.6 Å². The van der Waals surface area contributed by atoms with Gasteiger partial charge in [-0.1, -0.05) is 23.2 Å². The minimum atomic E-state index is 0.512. The van der Waals surface area contributed by atoms with Gasteiger partial charge in [0.05, 0.1) is 17.8 Å². The number of methoxy groups -OCH3 is 1. The van der Waals surface area contributed by atoms with Gasteiger partial charge >= 0.3 is 0 Å². The highest BCUT2D eigenvalue weighted by molar-refractivity contribution is 7.80. The predicted molar refractivity (Wildman–Crippen MR) is 70.0 cm³/mol. The van der Waals surface area contributed by atoms with Crippen LogP contribution < -0.4 is 10.1 Å². The van der Waals surface area contributed by atoms with Crippen LogP contribution in [-0.2, 0) is 0 Å². The van der Waals surface area contributed by atoms with Crippen LogP contribution in [-0.4, -0.2) is 19.4 Å². The van der Waals surface area contributed by atoms with E-state index in [0.29, 0.717) is 15.8 Å². The highest BCUT2D eigenvalue weighted by Crippen LogP contribution is 2.35. The normalized spacial score (nSPS) is 10.1. The molecule has 0 aromatic heterocycles. The molecule has 1 aromatic carbocycles. The SMILES string of the molecule is COc1c(Cl)cc(Cl)cc1NCCCS. The highest BCUT2D eigenvalue weighted by Gasteiger charge is 2.08. The summed E-state index contributed by atoms with van der Waals surface area (Å²) in [7, 11) is 1.58. The Hall–Kier alpha value is -0.250. The fraction of sp³-hybridized carbons (Fsp3) is 0.400. The van der Waals surface area contributed by atoms with Crippen molar-refractivity contribution in [1.29, 1.82) is 0 Å². The summed E-state index contributed by atoms with van der Waals surface area (Å²) in [5.74, 6) is 1.46. The van der Waals surface area contributed by atoms with E-state index in [1.807, 2.05) is 0 Å². The number of thiol groups is 1. The summed E-state index contributed by atoms with van der Waals surface area (Å²) >= 11 is 16.0. The fourth-order valence-corrected chi connectivity index (χ4v) is 1.93. The highest BCUT2D eigenvalue weighted by atomic mass is 35.5. The second-order valence-electron chi connectivity index (χ2n) is 2.97. The molecule has 2 nitrogen and oxygen atoms in total. The van der Waals surface area contributed by atoms with Crippen molar-refractivity contribution in [3.8, 4) is 5.75 Å². The number of rotatable bonds is 5. The summed E-state index contributed by atoms with van der Waals surface area (Å²) in [6.45, 7) is 0.816. The summed E-state index contributed by atoms with van der Waals surface area (Å²) in [5, 5.41) is 4.31. The minimum absolute atomic E-state index is 0.512. The van der Waals surface area contributed by atoms with Gasteiger partial charge in [0.15, 0.2) is 5.75 Å². The zero-order valence-electron chi connectivity index (χ0n) is 8.39. The van der Waals surface area contributed by atoms with Crippen LogP contribution in [0.4, 0.5) is 5.69 Å².